The van der Waals surface area contributed by atoms with Crippen LogP contribution >= 0.6 is 22.6 Å². The Morgan fingerprint density at radius 1 is 1.08 bits per heavy atom. The van der Waals surface area contributed by atoms with E-state index in [9.17, 15) is 4.79 Å². The molecule has 0 aliphatic carbocycles. The van der Waals surface area contributed by atoms with E-state index in [-0.39, 0.29) is 5.56 Å². The van der Waals surface area contributed by atoms with Crippen LogP contribution in [0.1, 0.15) is 13.8 Å². The third-order valence-corrected chi connectivity index (χ3v) is 5.15. The van der Waals surface area contributed by atoms with Gasteiger partial charge < -0.3 is 4.90 Å². The molecule has 0 aliphatic rings. The monoisotopic (exact) mass is 447 g/mol. The van der Waals surface area contributed by atoms with E-state index in [1.807, 2.05) is 53.1 Å². The molecule has 3 rings (SSSR count). The van der Waals surface area contributed by atoms with Crippen LogP contribution in [0.5, 0.6) is 0 Å². The van der Waals surface area contributed by atoms with E-state index in [1.54, 1.807) is 0 Å². The van der Waals surface area contributed by atoms with E-state index >= 15 is 0 Å². The summed E-state index contributed by atoms with van der Waals surface area (Å²) in [6, 6.07) is 15.8. The summed E-state index contributed by atoms with van der Waals surface area (Å²) in [5.41, 5.74) is 1.76. The minimum atomic E-state index is 0.0366. The van der Waals surface area contributed by atoms with Gasteiger partial charge in [-0.2, -0.15) is 0 Å². The van der Waals surface area contributed by atoms with Crippen molar-refractivity contribution in [3.8, 4) is 11.4 Å². The van der Waals surface area contributed by atoms with Crippen LogP contribution < -0.4 is 5.56 Å². The fourth-order valence-electron chi connectivity index (χ4n) is 2.99. The van der Waals surface area contributed by atoms with Crippen LogP contribution in [0.4, 0.5) is 0 Å². The summed E-state index contributed by atoms with van der Waals surface area (Å²) < 4.78 is 2.87. The Kier molecular flexibility index (Phi) is 5.86. The van der Waals surface area contributed by atoms with E-state index in [4.69, 9.17) is 4.98 Å². The number of fused-ring (bicyclic) bond motifs is 1. The molecule has 4 nitrogen and oxygen atoms in total. The van der Waals surface area contributed by atoms with Crippen molar-refractivity contribution in [1.82, 2.24) is 14.5 Å². The van der Waals surface area contributed by atoms with E-state index in [0.29, 0.717) is 11.9 Å². The Balaban J connectivity index is 2.16. The number of rotatable bonds is 6. The molecule has 0 fully saturated rings. The second-order valence-electron chi connectivity index (χ2n) is 5.95. The zero-order chi connectivity index (χ0) is 17.8. The van der Waals surface area contributed by atoms with Gasteiger partial charge in [0.15, 0.2) is 0 Å². The van der Waals surface area contributed by atoms with Crippen molar-refractivity contribution < 1.29 is 0 Å². The maximum atomic E-state index is 13.2. The Hall–Kier alpha value is -1.73. The molecule has 0 N–H and O–H groups in total. The average Bonchev–Trinajstić information content (AvgIpc) is 2.65. The van der Waals surface area contributed by atoms with Crippen LogP contribution in [-0.4, -0.2) is 34.1 Å². The lowest BCUT2D eigenvalue weighted by Crippen LogP contribution is -2.32. The van der Waals surface area contributed by atoms with E-state index in [2.05, 4.69) is 41.3 Å². The van der Waals surface area contributed by atoms with Gasteiger partial charge in [0, 0.05) is 22.2 Å². The molecular weight excluding hydrogens is 425 g/mol. The van der Waals surface area contributed by atoms with Crippen LogP contribution in [-0.2, 0) is 6.54 Å². The first-order valence-corrected chi connectivity index (χ1v) is 9.69. The third kappa shape index (κ3) is 3.93. The molecule has 0 aliphatic heterocycles. The molecule has 25 heavy (non-hydrogen) atoms. The van der Waals surface area contributed by atoms with E-state index in [0.717, 1.165) is 40.1 Å². The summed E-state index contributed by atoms with van der Waals surface area (Å²) in [4.78, 5) is 20.3. The minimum Gasteiger partial charge on any atom is -0.302 e. The topological polar surface area (TPSA) is 38.1 Å². The lowest BCUT2D eigenvalue weighted by Gasteiger charge is -2.20. The fourth-order valence-corrected chi connectivity index (χ4v) is 3.48. The molecule has 3 aromatic rings. The highest BCUT2D eigenvalue weighted by molar-refractivity contribution is 14.1. The number of hydrogen-bond donors (Lipinski definition) is 0. The Labute approximate surface area is 161 Å². The number of aromatic nitrogens is 2. The minimum absolute atomic E-state index is 0.0366. The largest absolute Gasteiger partial charge is 0.302 e. The van der Waals surface area contributed by atoms with Crippen molar-refractivity contribution >= 4 is 33.5 Å². The van der Waals surface area contributed by atoms with Crippen molar-refractivity contribution in [2.24, 2.45) is 0 Å². The zero-order valence-electron chi connectivity index (χ0n) is 14.6. The first kappa shape index (κ1) is 18.1. The van der Waals surface area contributed by atoms with Crippen LogP contribution in [0, 0.1) is 3.57 Å². The molecule has 0 spiro atoms. The van der Waals surface area contributed by atoms with Crippen LogP contribution in [0.2, 0.25) is 0 Å². The zero-order valence-corrected chi connectivity index (χ0v) is 16.7. The van der Waals surface area contributed by atoms with Gasteiger partial charge in [-0.25, -0.2) is 4.98 Å². The van der Waals surface area contributed by atoms with Gasteiger partial charge in [0.2, 0.25) is 0 Å². The molecule has 1 aromatic heterocycles. The lowest BCUT2D eigenvalue weighted by molar-refractivity contribution is 0.289. The normalized spacial score (nSPS) is 11.4. The maximum Gasteiger partial charge on any atom is 0.261 e. The number of hydrogen-bond acceptors (Lipinski definition) is 3. The molecule has 1 heterocycles. The van der Waals surface area contributed by atoms with Crippen molar-refractivity contribution in [3.63, 3.8) is 0 Å². The summed E-state index contributed by atoms with van der Waals surface area (Å²) in [6.45, 7) is 7.72. The van der Waals surface area contributed by atoms with Gasteiger partial charge in [0.25, 0.3) is 5.56 Å². The molecule has 0 radical (unpaired) electrons. The lowest BCUT2D eigenvalue weighted by atomic mass is 10.2. The predicted octanol–water partition coefficient (Wildman–Crippen LogP) is 4.01. The summed E-state index contributed by atoms with van der Waals surface area (Å²) in [6.07, 6.45) is 0. The molecule has 2 aromatic carbocycles. The highest BCUT2D eigenvalue weighted by Gasteiger charge is 2.13. The van der Waals surface area contributed by atoms with Gasteiger partial charge >= 0.3 is 0 Å². The number of nitrogens with zero attached hydrogens (tertiary/aromatic N) is 3. The maximum absolute atomic E-state index is 13.2. The number of likely N-dealkylation sites (N-methyl/N-ethyl adjacent to an activating group) is 1. The highest BCUT2D eigenvalue weighted by Crippen LogP contribution is 2.20. The molecule has 0 amide bonds. The van der Waals surface area contributed by atoms with Gasteiger partial charge in [-0.3, -0.25) is 9.36 Å². The van der Waals surface area contributed by atoms with Crippen molar-refractivity contribution in [3.05, 3.63) is 62.5 Å². The number of benzene rings is 2. The number of halogens is 1. The van der Waals surface area contributed by atoms with Crippen LogP contribution in [0.3, 0.4) is 0 Å². The van der Waals surface area contributed by atoms with Gasteiger partial charge in [0.1, 0.15) is 5.82 Å². The van der Waals surface area contributed by atoms with Crippen LogP contribution in [0.15, 0.2) is 53.3 Å². The second-order valence-corrected chi connectivity index (χ2v) is 7.19. The molecule has 0 unspecified atom stereocenters. The summed E-state index contributed by atoms with van der Waals surface area (Å²) in [7, 11) is 0. The van der Waals surface area contributed by atoms with Crippen molar-refractivity contribution in [2.75, 3.05) is 19.6 Å². The van der Waals surface area contributed by atoms with Crippen molar-refractivity contribution in [1.29, 1.82) is 0 Å². The van der Waals surface area contributed by atoms with Gasteiger partial charge in [-0.1, -0.05) is 44.2 Å². The Morgan fingerprint density at radius 2 is 1.80 bits per heavy atom. The molecule has 5 heteroatoms. The van der Waals surface area contributed by atoms with Gasteiger partial charge in [-0.05, 0) is 53.9 Å². The molecule has 0 saturated carbocycles. The summed E-state index contributed by atoms with van der Waals surface area (Å²) in [5, 5.41) is 0.686. The second kappa shape index (κ2) is 8.10. The summed E-state index contributed by atoms with van der Waals surface area (Å²) in [5.74, 6) is 0.742. The fraction of sp³-hybridized carbons (Fsp3) is 0.300. The molecule has 0 saturated heterocycles. The molecule has 0 bridgehead atoms. The first-order valence-electron chi connectivity index (χ1n) is 8.62. The summed E-state index contributed by atoms with van der Waals surface area (Å²) >= 11 is 2.24. The highest BCUT2D eigenvalue weighted by atomic mass is 127. The van der Waals surface area contributed by atoms with Gasteiger partial charge in [0.05, 0.1) is 10.9 Å². The predicted molar refractivity (Wildman–Crippen MR) is 112 cm³/mol. The Bertz CT molecular complexity index is 917. The van der Waals surface area contributed by atoms with Crippen molar-refractivity contribution in [2.45, 2.75) is 20.4 Å². The van der Waals surface area contributed by atoms with Gasteiger partial charge in [-0.15, -0.1) is 0 Å². The third-order valence-electron chi connectivity index (χ3n) is 4.48. The standard InChI is InChI=1S/C20H22IN3O/c1-3-23(4-2)12-13-24-19(15-8-6-5-7-9-15)22-18-11-10-16(21)14-17(18)20(24)25/h5-11,14H,3-4,12-13H2,1-2H3. The Morgan fingerprint density at radius 3 is 2.48 bits per heavy atom. The average molecular weight is 447 g/mol. The van der Waals surface area contributed by atoms with Crippen LogP contribution in [0.25, 0.3) is 22.3 Å². The van der Waals surface area contributed by atoms with E-state index < -0.39 is 0 Å². The first-order chi connectivity index (χ1) is 12.1. The quantitative estimate of drug-likeness (QED) is 0.536. The molecule has 0 atom stereocenters. The smallest absolute Gasteiger partial charge is 0.261 e. The molecular formula is C20H22IN3O. The SMILES string of the molecule is CCN(CC)CCn1c(-c2ccccc2)nc2ccc(I)cc2c1=O. The molecule has 130 valence electrons. The van der Waals surface area contributed by atoms with E-state index in [1.165, 1.54) is 0 Å².